The molecule has 0 aliphatic carbocycles. The van der Waals surface area contributed by atoms with Crippen LogP contribution < -0.4 is 10.1 Å². The number of rotatable bonds is 4. The van der Waals surface area contributed by atoms with Gasteiger partial charge < -0.3 is 10.1 Å². The van der Waals surface area contributed by atoms with Crippen molar-refractivity contribution in [3.05, 3.63) is 65.7 Å². The Morgan fingerprint density at radius 1 is 1.15 bits per heavy atom. The van der Waals surface area contributed by atoms with E-state index < -0.39 is 6.04 Å². The van der Waals surface area contributed by atoms with Crippen LogP contribution in [-0.4, -0.2) is 13.0 Å². The minimum absolute atomic E-state index is 0.289. The largest absolute Gasteiger partial charge is 0.497 e. The molecule has 1 atom stereocenters. The number of nitrogens with one attached hydrogen (secondary N) is 1. The maximum atomic E-state index is 12.1. The molecule has 20 heavy (non-hydrogen) atoms. The molecule has 0 saturated carbocycles. The van der Waals surface area contributed by atoms with E-state index in [0.717, 1.165) is 5.56 Å². The number of benzene rings is 2. The maximum Gasteiger partial charge on any atom is 0.252 e. The number of ether oxygens (including phenoxy) is 1. The molecule has 100 valence electrons. The van der Waals surface area contributed by atoms with E-state index in [-0.39, 0.29) is 5.91 Å². The van der Waals surface area contributed by atoms with Gasteiger partial charge in [0.15, 0.2) is 0 Å². The second kappa shape index (κ2) is 6.39. The van der Waals surface area contributed by atoms with Gasteiger partial charge in [0, 0.05) is 5.56 Å². The van der Waals surface area contributed by atoms with Crippen LogP contribution in [0.3, 0.4) is 0 Å². The Balaban J connectivity index is 2.11. The van der Waals surface area contributed by atoms with Gasteiger partial charge in [0.25, 0.3) is 5.91 Å². The van der Waals surface area contributed by atoms with E-state index in [0.29, 0.717) is 11.3 Å². The van der Waals surface area contributed by atoms with Crippen molar-refractivity contribution < 1.29 is 9.53 Å². The number of hydrogen-bond donors (Lipinski definition) is 1. The molecule has 0 spiro atoms. The Labute approximate surface area is 117 Å². The number of amides is 1. The summed E-state index contributed by atoms with van der Waals surface area (Å²) in [7, 11) is 1.57. The number of nitrogens with zero attached hydrogens (tertiary/aromatic N) is 1. The van der Waals surface area contributed by atoms with Crippen molar-refractivity contribution in [2.24, 2.45) is 0 Å². The molecule has 4 heteroatoms. The summed E-state index contributed by atoms with van der Waals surface area (Å²) in [6.07, 6.45) is 0. The molecule has 0 aliphatic rings. The number of carbonyl (C=O) groups is 1. The van der Waals surface area contributed by atoms with E-state index in [2.05, 4.69) is 11.4 Å². The molecule has 2 aromatic rings. The number of carbonyl (C=O) groups excluding carboxylic acids is 1. The predicted molar refractivity (Wildman–Crippen MR) is 75.3 cm³/mol. The number of hydrogen-bond acceptors (Lipinski definition) is 3. The number of methoxy groups -OCH3 is 1. The maximum absolute atomic E-state index is 12.1. The molecule has 0 fully saturated rings. The fourth-order valence-corrected chi connectivity index (χ4v) is 1.79. The summed E-state index contributed by atoms with van der Waals surface area (Å²) >= 11 is 0. The zero-order valence-corrected chi connectivity index (χ0v) is 11.0. The highest BCUT2D eigenvalue weighted by Gasteiger charge is 2.14. The summed E-state index contributed by atoms with van der Waals surface area (Å²) in [6, 6.07) is 17.3. The Hall–Kier alpha value is -2.80. The van der Waals surface area contributed by atoms with Gasteiger partial charge in [-0.05, 0) is 29.8 Å². The average molecular weight is 266 g/mol. The van der Waals surface area contributed by atoms with E-state index in [9.17, 15) is 10.1 Å². The summed E-state index contributed by atoms with van der Waals surface area (Å²) in [4.78, 5) is 12.1. The van der Waals surface area contributed by atoms with Crippen molar-refractivity contribution in [3.8, 4) is 11.8 Å². The Morgan fingerprint density at radius 3 is 2.35 bits per heavy atom. The third kappa shape index (κ3) is 3.15. The lowest BCUT2D eigenvalue weighted by molar-refractivity contribution is 0.0945. The topological polar surface area (TPSA) is 62.1 Å². The molecule has 0 aromatic heterocycles. The third-order valence-corrected chi connectivity index (χ3v) is 2.89. The van der Waals surface area contributed by atoms with Gasteiger partial charge in [-0.3, -0.25) is 4.79 Å². The van der Waals surface area contributed by atoms with Gasteiger partial charge in [-0.25, -0.2) is 0 Å². The molecule has 0 saturated heterocycles. The van der Waals surface area contributed by atoms with Crippen molar-refractivity contribution in [3.63, 3.8) is 0 Å². The molecule has 0 heterocycles. The first kappa shape index (κ1) is 13.6. The first-order chi connectivity index (χ1) is 9.74. The van der Waals surface area contributed by atoms with Crippen LogP contribution in [0.2, 0.25) is 0 Å². The summed E-state index contributed by atoms with van der Waals surface area (Å²) < 4.78 is 5.04. The molecule has 1 N–H and O–H groups in total. The van der Waals surface area contributed by atoms with Gasteiger partial charge in [-0.1, -0.05) is 30.3 Å². The van der Waals surface area contributed by atoms with Crippen LogP contribution in [0.1, 0.15) is 22.0 Å². The first-order valence-electron chi connectivity index (χ1n) is 6.14. The van der Waals surface area contributed by atoms with Gasteiger partial charge in [0.1, 0.15) is 11.8 Å². The third-order valence-electron chi connectivity index (χ3n) is 2.89. The second-order valence-corrected chi connectivity index (χ2v) is 4.17. The minimum atomic E-state index is -0.661. The molecule has 0 bridgehead atoms. The van der Waals surface area contributed by atoms with Crippen molar-refractivity contribution >= 4 is 5.91 Å². The highest BCUT2D eigenvalue weighted by molar-refractivity contribution is 5.94. The molecule has 0 radical (unpaired) electrons. The summed E-state index contributed by atoms with van der Waals surface area (Å²) in [5, 5.41) is 11.9. The Kier molecular flexibility index (Phi) is 4.35. The highest BCUT2D eigenvalue weighted by Crippen LogP contribution is 2.14. The Morgan fingerprint density at radius 2 is 1.80 bits per heavy atom. The fraction of sp³-hybridized carbons (Fsp3) is 0.125. The summed E-state index contributed by atoms with van der Waals surface area (Å²) in [5.74, 6) is 0.393. The van der Waals surface area contributed by atoms with E-state index >= 15 is 0 Å². The lowest BCUT2D eigenvalue weighted by atomic mass is 10.1. The van der Waals surface area contributed by atoms with Crippen LogP contribution in [0.25, 0.3) is 0 Å². The SMILES string of the molecule is COc1ccc(C(=O)NC(C#N)c2ccccc2)cc1. The van der Waals surface area contributed by atoms with Crippen molar-refractivity contribution in [1.29, 1.82) is 5.26 Å². The molecule has 2 aromatic carbocycles. The quantitative estimate of drug-likeness (QED) is 0.925. The Bertz CT molecular complexity index is 615. The van der Waals surface area contributed by atoms with Gasteiger partial charge in [0.05, 0.1) is 13.2 Å². The van der Waals surface area contributed by atoms with Crippen molar-refractivity contribution in [1.82, 2.24) is 5.32 Å². The van der Waals surface area contributed by atoms with Gasteiger partial charge in [-0.15, -0.1) is 0 Å². The van der Waals surface area contributed by atoms with Crippen molar-refractivity contribution in [2.45, 2.75) is 6.04 Å². The van der Waals surface area contributed by atoms with Crippen LogP contribution >= 0.6 is 0 Å². The first-order valence-corrected chi connectivity index (χ1v) is 6.14. The molecule has 0 aliphatic heterocycles. The fourth-order valence-electron chi connectivity index (χ4n) is 1.79. The zero-order chi connectivity index (χ0) is 14.4. The summed E-state index contributed by atoms with van der Waals surface area (Å²) in [5.41, 5.74) is 1.25. The van der Waals surface area contributed by atoms with E-state index in [1.165, 1.54) is 0 Å². The normalized spacial score (nSPS) is 11.2. The van der Waals surface area contributed by atoms with Gasteiger partial charge in [-0.2, -0.15) is 5.26 Å². The van der Waals surface area contributed by atoms with Crippen LogP contribution in [0, 0.1) is 11.3 Å². The van der Waals surface area contributed by atoms with Crippen molar-refractivity contribution in [2.75, 3.05) is 7.11 Å². The lowest BCUT2D eigenvalue weighted by Crippen LogP contribution is -2.27. The van der Waals surface area contributed by atoms with Crippen LogP contribution in [0.4, 0.5) is 0 Å². The summed E-state index contributed by atoms with van der Waals surface area (Å²) in [6.45, 7) is 0. The van der Waals surface area contributed by atoms with Crippen LogP contribution in [0.5, 0.6) is 5.75 Å². The monoisotopic (exact) mass is 266 g/mol. The highest BCUT2D eigenvalue weighted by atomic mass is 16.5. The standard InChI is InChI=1S/C16H14N2O2/c1-20-14-9-7-13(8-10-14)16(19)18-15(11-17)12-5-3-2-4-6-12/h2-10,15H,1H3,(H,18,19). The molecule has 2 rings (SSSR count). The smallest absolute Gasteiger partial charge is 0.252 e. The minimum Gasteiger partial charge on any atom is -0.497 e. The second-order valence-electron chi connectivity index (χ2n) is 4.17. The zero-order valence-electron chi connectivity index (χ0n) is 11.0. The number of nitriles is 1. The van der Waals surface area contributed by atoms with E-state index in [1.54, 1.807) is 31.4 Å². The van der Waals surface area contributed by atoms with E-state index in [1.807, 2.05) is 30.3 Å². The van der Waals surface area contributed by atoms with Gasteiger partial charge >= 0.3 is 0 Å². The molecular weight excluding hydrogens is 252 g/mol. The molecular formula is C16H14N2O2. The van der Waals surface area contributed by atoms with Crippen LogP contribution in [-0.2, 0) is 0 Å². The molecule has 4 nitrogen and oxygen atoms in total. The van der Waals surface area contributed by atoms with Gasteiger partial charge in [0.2, 0.25) is 0 Å². The average Bonchev–Trinajstić information content (AvgIpc) is 2.53. The predicted octanol–water partition coefficient (Wildman–Crippen LogP) is 2.69. The molecule has 1 unspecified atom stereocenters. The molecule has 1 amide bonds. The lowest BCUT2D eigenvalue weighted by Gasteiger charge is -2.12. The van der Waals surface area contributed by atoms with Crippen LogP contribution in [0.15, 0.2) is 54.6 Å². The van der Waals surface area contributed by atoms with E-state index in [4.69, 9.17) is 4.74 Å².